The van der Waals surface area contributed by atoms with Gasteiger partial charge in [0.05, 0.1) is 0 Å². The second kappa shape index (κ2) is 7.99. The average molecular weight is 397 g/mol. The van der Waals surface area contributed by atoms with E-state index in [1.54, 1.807) is 43.1 Å². The van der Waals surface area contributed by atoms with Gasteiger partial charge in [-0.3, -0.25) is 9.97 Å². The van der Waals surface area contributed by atoms with Gasteiger partial charge in [-0.1, -0.05) is 0 Å². The number of nitrogens with zero attached hydrogens (tertiary/aromatic N) is 5. The summed E-state index contributed by atoms with van der Waals surface area (Å²) in [5, 5.41) is 0. The molecule has 4 rings (SSSR count). The quantitative estimate of drug-likeness (QED) is 0.651. The van der Waals surface area contributed by atoms with Crippen molar-refractivity contribution in [3.05, 3.63) is 61.4 Å². The molecule has 1 aliphatic rings. The molecule has 1 aliphatic heterocycles. The summed E-state index contributed by atoms with van der Waals surface area (Å²) in [5.41, 5.74) is 1.86. The van der Waals surface area contributed by atoms with Gasteiger partial charge < -0.3 is 4.74 Å². The number of sulfonamides is 1. The maximum atomic E-state index is 12.6. The minimum absolute atomic E-state index is 0.118. The summed E-state index contributed by atoms with van der Waals surface area (Å²) in [6.07, 6.45) is 10.8. The van der Waals surface area contributed by atoms with Crippen molar-refractivity contribution in [2.75, 3.05) is 13.1 Å². The first kappa shape index (κ1) is 18.5. The third-order valence-corrected chi connectivity index (χ3v) is 6.47. The Hall–Kier alpha value is -2.91. The molecule has 0 radical (unpaired) electrons. The molecule has 9 heteroatoms. The largest absolute Gasteiger partial charge is 0.460 e. The summed E-state index contributed by atoms with van der Waals surface area (Å²) >= 11 is 0. The van der Waals surface area contributed by atoms with Crippen LogP contribution in [0, 0.1) is 0 Å². The van der Waals surface area contributed by atoms with Gasteiger partial charge in [0.2, 0.25) is 10.0 Å². The Kier molecular flexibility index (Phi) is 5.27. The molecule has 144 valence electrons. The topological polar surface area (TPSA) is 98.2 Å². The van der Waals surface area contributed by atoms with Crippen LogP contribution in [0.1, 0.15) is 12.8 Å². The van der Waals surface area contributed by atoms with Gasteiger partial charge >= 0.3 is 6.01 Å². The molecule has 0 unspecified atom stereocenters. The van der Waals surface area contributed by atoms with Gasteiger partial charge in [-0.25, -0.2) is 18.4 Å². The molecule has 0 bridgehead atoms. The van der Waals surface area contributed by atoms with Gasteiger partial charge in [0.15, 0.2) is 0 Å². The van der Waals surface area contributed by atoms with Crippen LogP contribution in [0.3, 0.4) is 0 Å². The minimum Gasteiger partial charge on any atom is -0.460 e. The number of rotatable bonds is 5. The second-order valence-corrected chi connectivity index (χ2v) is 8.34. The highest BCUT2D eigenvalue weighted by Gasteiger charge is 2.30. The number of aromatic nitrogens is 4. The van der Waals surface area contributed by atoms with Crippen LogP contribution in [0.15, 0.2) is 66.3 Å². The Morgan fingerprint density at radius 3 is 2.25 bits per heavy atom. The average Bonchev–Trinajstić information content (AvgIpc) is 2.76. The van der Waals surface area contributed by atoms with Crippen LogP contribution in [0.2, 0.25) is 0 Å². The zero-order chi connectivity index (χ0) is 19.4. The van der Waals surface area contributed by atoms with E-state index in [4.69, 9.17) is 4.74 Å². The number of piperidine rings is 1. The van der Waals surface area contributed by atoms with E-state index in [1.165, 1.54) is 10.5 Å². The third-order valence-electron chi connectivity index (χ3n) is 4.59. The summed E-state index contributed by atoms with van der Waals surface area (Å²) in [7, 11) is -3.52. The van der Waals surface area contributed by atoms with Crippen molar-refractivity contribution in [2.24, 2.45) is 0 Å². The van der Waals surface area contributed by atoms with E-state index < -0.39 is 10.0 Å². The van der Waals surface area contributed by atoms with Crippen LogP contribution >= 0.6 is 0 Å². The Bertz CT molecular complexity index is 1010. The van der Waals surface area contributed by atoms with Crippen molar-refractivity contribution in [2.45, 2.75) is 23.8 Å². The van der Waals surface area contributed by atoms with Crippen molar-refractivity contribution in [3.63, 3.8) is 0 Å². The van der Waals surface area contributed by atoms with E-state index in [2.05, 4.69) is 19.9 Å². The van der Waals surface area contributed by atoms with E-state index in [1.807, 2.05) is 12.1 Å². The van der Waals surface area contributed by atoms with Gasteiger partial charge in [0.1, 0.15) is 11.0 Å². The van der Waals surface area contributed by atoms with Crippen molar-refractivity contribution < 1.29 is 13.2 Å². The fourth-order valence-electron chi connectivity index (χ4n) is 3.06. The summed E-state index contributed by atoms with van der Waals surface area (Å²) in [6, 6.07) is 7.25. The lowest BCUT2D eigenvalue weighted by Gasteiger charge is -2.30. The van der Waals surface area contributed by atoms with Crippen LogP contribution in [-0.4, -0.2) is 51.9 Å². The highest BCUT2D eigenvalue weighted by atomic mass is 32.2. The molecule has 0 amide bonds. The first-order valence-corrected chi connectivity index (χ1v) is 10.4. The van der Waals surface area contributed by atoms with E-state index in [-0.39, 0.29) is 11.0 Å². The van der Waals surface area contributed by atoms with E-state index >= 15 is 0 Å². The molecular formula is C19H19N5O3S. The molecule has 3 aromatic rings. The maximum Gasteiger partial charge on any atom is 0.316 e. The first-order valence-electron chi connectivity index (χ1n) is 8.92. The molecule has 0 atom stereocenters. The number of hydrogen-bond donors (Lipinski definition) is 0. The van der Waals surface area contributed by atoms with E-state index in [9.17, 15) is 8.42 Å². The molecule has 1 saturated heterocycles. The van der Waals surface area contributed by atoms with Gasteiger partial charge in [0, 0.05) is 55.8 Å². The predicted octanol–water partition coefficient (Wildman–Crippen LogP) is 2.17. The van der Waals surface area contributed by atoms with Crippen LogP contribution in [0.4, 0.5) is 0 Å². The molecule has 28 heavy (non-hydrogen) atoms. The van der Waals surface area contributed by atoms with Gasteiger partial charge in [-0.15, -0.1) is 0 Å². The van der Waals surface area contributed by atoms with Gasteiger partial charge in [-0.05, 0) is 42.7 Å². The highest BCUT2D eigenvalue weighted by molar-refractivity contribution is 7.89. The Labute approximate surface area is 163 Å². The molecule has 0 N–H and O–H groups in total. The smallest absolute Gasteiger partial charge is 0.316 e. The van der Waals surface area contributed by atoms with Crippen molar-refractivity contribution in [1.82, 2.24) is 24.2 Å². The molecule has 1 fully saturated rings. The van der Waals surface area contributed by atoms with Gasteiger partial charge in [-0.2, -0.15) is 4.31 Å². The molecule has 4 heterocycles. The zero-order valence-electron chi connectivity index (χ0n) is 15.0. The van der Waals surface area contributed by atoms with E-state index in [0.29, 0.717) is 31.9 Å². The fraction of sp³-hybridized carbons (Fsp3) is 0.263. The van der Waals surface area contributed by atoms with Gasteiger partial charge in [0.25, 0.3) is 0 Å². The number of pyridine rings is 2. The molecule has 8 nitrogen and oxygen atoms in total. The predicted molar refractivity (Wildman–Crippen MR) is 102 cm³/mol. The highest BCUT2D eigenvalue weighted by Crippen LogP contribution is 2.23. The summed E-state index contributed by atoms with van der Waals surface area (Å²) < 4.78 is 32.6. The first-order chi connectivity index (χ1) is 13.6. The fourth-order valence-corrected chi connectivity index (χ4v) is 4.49. The lowest BCUT2D eigenvalue weighted by molar-refractivity contribution is 0.124. The SMILES string of the molecule is O=S(=O)(c1cccnc1)N1CCC(Oc2ncc(-c3ccncc3)cn2)CC1. The Morgan fingerprint density at radius 2 is 1.61 bits per heavy atom. The zero-order valence-corrected chi connectivity index (χ0v) is 15.9. The second-order valence-electron chi connectivity index (χ2n) is 6.40. The van der Waals surface area contributed by atoms with Crippen molar-refractivity contribution in [3.8, 4) is 17.1 Å². The van der Waals surface area contributed by atoms with Crippen LogP contribution in [-0.2, 0) is 10.0 Å². The lowest BCUT2D eigenvalue weighted by Crippen LogP contribution is -2.41. The summed E-state index contributed by atoms with van der Waals surface area (Å²) in [5.74, 6) is 0. The normalized spacial score (nSPS) is 16.0. The Morgan fingerprint density at radius 1 is 0.893 bits per heavy atom. The van der Waals surface area contributed by atoms with E-state index in [0.717, 1.165) is 11.1 Å². The summed E-state index contributed by atoms with van der Waals surface area (Å²) in [6.45, 7) is 0.772. The minimum atomic E-state index is -3.52. The number of hydrogen-bond acceptors (Lipinski definition) is 7. The molecule has 0 spiro atoms. The summed E-state index contributed by atoms with van der Waals surface area (Å²) in [4.78, 5) is 16.6. The van der Waals surface area contributed by atoms with Crippen molar-refractivity contribution in [1.29, 1.82) is 0 Å². The monoisotopic (exact) mass is 397 g/mol. The standard InChI is InChI=1S/C19H19N5O3S/c25-28(26,18-2-1-7-21-14-18)24-10-5-17(6-11-24)27-19-22-12-16(13-23-19)15-3-8-20-9-4-15/h1-4,7-9,12-14,17H,5-6,10-11H2. The molecule has 0 aromatic carbocycles. The number of ether oxygens (including phenoxy) is 1. The third kappa shape index (κ3) is 4.00. The van der Waals surface area contributed by atoms with Crippen LogP contribution in [0.25, 0.3) is 11.1 Å². The maximum absolute atomic E-state index is 12.6. The van der Waals surface area contributed by atoms with Crippen molar-refractivity contribution >= 4 is 10.0 Å². The van der Waals surface area contributed by atoms with Crippen LogP contribution < -0.4 is 4.74 Å². The lowest BCUT2D eigenvalue weighted by atomic mass is 10.1. The molecule has 3 aromatic heterocycles. The molecule has 0 aliphatic carbocycles. The molecular weight excluding hydrogens is 378 g/mol. The molecule has 0 saturated carbocycles. The van der Waals surface area contributed by atoms with Crippen LogP contribution in [0.5, 0.6) is 6.01 Å². The Balaban J connectivity index is 1.36.